The van der Waals surface area contributed by atoms with Gasteiger partial charge in [0.15, 0.2) is 61.7 Å². The van der Waals surface area contributed by atoms with Gasteiger partial charge in [0, 0.05) is 6.42 Å². The van der Waals surface area contributed by atoms with Crippen LogP contribution in [0, 0.1) is 0 Å². The number of halogens is 13. The molecular formula is C17H24F13O3P. The third-order valence-corrected chi connectivity index (χ3v) is 4.91. The highest BCUT2D eigenvalue weighted by Crippen LogP contribution is 2.32. The van der Waals surface area contributed by atoms with Crippen molar-refractivity contribution in [2.24, 2.45) is 0 Å². The van der Waals surface area contributed by atoms with Gasteiger partial charge in [0.25, 0.3) is 0 Å². The summed E-state index contributed by atoms with van der Waals surface area (Å²) in [7, 11) is -3.13. The lowest BCUT2D eigenvalue weighted by Crippen LogP contribution is -2.50. The van der Waals surface area contributed by atoms with Gasteiger partial charge in [-0.1, -0.05) is 0 Å². The fourth-order valence-electron chi connectivity index (χ4n) is 2.99. The molecule has 0 aromatic heterocycles. The summed E-state index contributed by atoms with van der Waals surface area (Å²) in [5.74, 6) is 0. The Morgan fingerprint density at radius 2 is 0.735 bits per heavy atom. The molecule has 1 aliphatic rings. The average molecular weight is 554 g/mol. The van der Waals surface area contributed by atoms with Gasteiger partial charge in [-0.05, 0) is 19.3 Å². The van der Waals surface area contributed by atoms with Crippen molar-refractivity contribution in [2.45, 2.75) is 106 Å². The van der Waals surface area contributed by atoms with Crippen molar-refractivity contribution in [1.82, 2.24) is 0 Å². The van der Waals surface area contributed by atoms with Crippen LogP contribution < -0.4 is 0 Å². The van der Waals surface area contributed by atoms with E-state index in [-0.39, 0.29) is 0 Å². The Kier molecular flexibility index (Phi) is 15.0. The molecule has 1 rings (SSSR count). The molecule has 0 bridgehead atoms. The summed E-state index contributed by atoms with van der Waals surface area (Å²) in [5.41, 5.74) is 0. The summed E-state index contributed by atoms with van der Waals surface area (Å²) in [6.07, 6.45) is -50.0. The van der Waals surface area contributed by atoms with Gasteiger partial charge in [-0.25, -0.2) is 57.1 Å². The molecule has 0 spiro atoms. The first-order valence-electron chi connectivity index (χ1n) is 9.79. The molecular weight excluding hydrogens is 530 g/mol. The standard InChI is InChI=1S/C17H21F13.H3O3P/c18-5-2-1-3-6(19)8(21)10(23)12(25)14(27)16(29)17(30)15(28)13(26)11(24)9(22)7(20)4-5;1-4(2)3/h5-17H,1-4H2;4H,(H2,1,2,3). The van der Waals surface area contributed by atoms with Gasteiger partial charge in [0.2, 0.25) is 0 Å². The Hall–Kier alpha value is -0.760. The van der Waals surface area contributed by atoms with Crippen molar-refractivity contribution in [1.29, 1.82) is 0 Å². The van der Waals surface area contributed by atoms with Gasteiger partial charge in [0.05, 0.1) is 0 Å². The fraction of sp³-hybridized carbons (Fsp3) is 1.00. The highest BCUT2D eigenvalue weighted by Gasteiger charge is 2.51. The van der Waals surface area contributed by atoms with E-state index in [0.717, 1.165) is 0 Å². The van der Waals surface area contributed by atoms with E-state index in [4.69, 9.17) is 14.4 Å². The third kappa shape index (κ3) is 10.1. The van der Waals surface area contributed by atoms with E-state index >= 15 is 0 Å². The molecule has 0 amide bonds. The zero-order valence-electron chi connectivity index (χ0n) is 17.1. The van der Waals surface area contributed by atoms with Crippen molar-refractivity contribution >= 4 is 8.25 Å². The zero-order chi connectivity index (χ0) is 26.9. The second kappa shape index (κ2) is 15.4. The molecule has 3 nitrogen and oxygen atoms in total. The van der Waals surface area contributed by atoms with Gasteiger partial charge in [-0.3, -0.25) is 4.57 Å². The van der Waals surface area contributed by atoms with Crippen LogP contribution in [0.3, 0.4) is 0 Å². The second-order valence-corrected chi connectivity index (χ2v) is 8.09. The third-order valence-electron chi connectivity index (χ3n) is 4.91. The SMILES string of the molecule is FC1CCCC(F)C(F)C(F)C(F)C(F)C(F)C(F)C(F)C(F)C(F)C(F)C(F)C1.O=[PH](O)O. The summed E-state index contributed by atoms with van der Waals surface area (Å²) in [6, 6.07) is 0. The average Bonchev–Trinajstić information content (AvgIpc) is 2.77. The van der Waals surface area contributed by atoms with Gasteiger partial charge in [-0.15, -0.1) is 0 Å². The topological polar surface area (TPSA) is 57.5 Å². The molecule has 0 aromatic rings. The first-order valence-corrected chi connectivity index (χ1v) is 11.1. The zero-order valence-corrected chi connectivity index (χ0v) is 18.1. The van der Waals surface area contributed by atoms with Crippen LogP contribution in [0.5, 0.6) is 0 Å². The van der Waals surface area contributed by atoms with E-state index in [2.05, 4.69) is 0 Å². The van der Waals surface area contributed by atoms with Gasteiger partial charge in [-0.2, -0.15) is 0 Å². The van der Waals surface area contributed by atoms with E-state index in [1.165, 1.54) is 0 Å². The van der Waals surface area contributed by atoms with Crippen LogP contribution >= 0.6 is 8.25 Å². The van der Waals surface area contributed by atoms with E-state index in [1.807, 2.05) is 0 Å². The van der Waals surface area contributed by atoms with Crippen molar-refractivity contribution in [2.75, 3.05) is 0 Å². The van der Waals surface area contributed by atoms with E-state index in [9.17, 15) is 57.1 Å². The van der Waals surface area contributed by atoms with E-state index in [1.54, 1.807) is 0 Å². The molecule has 206 valence electrons. The number of alkyl halides is 13. The maximum Gasteiger partial charge on any atom is 0.314 e. The predicted molar refractivity (Wildman–Crippen MR) is 95.6 cm³/mol. The molecule has 1 fully saturated rings. The van der Waals surface area contributed by atoms with Crippen LogP contribution in [-0.4, -0.2) is 90.0 Å². The molecule has 0 heterocycles. The van der Waals surface area contributed by atoms with Crippen molar-refractivity contribution in [3.8, 4) is 0 Å². The lowest BCUT2D eigenvalue weighted by atomic mass is 9.94. The molecule has 0 aliphatic heterocycles. The molecule has 1 aliphatic carbocycles. The Morgan fingerprint density at radius 1 is 0.471 bits per heavy atom. The Bertz CT molecular complexity index is 593. The summed E-state index contributed by atoms with van der Waals surface area (Å²) in [5, 5.41) is 0. The normalized spacial score (nSPS) is 46.3. The quantitative estimate of drug-likeness (QED) is 0.315. The first kappa shape index (κ1) is 33.2. The van der Waals surface area contributed by atoms with E-state index < -0.39 is 114 Å². The summed E-state index contributed by atoms with van der Waals surface area (Å²) < 4.78 is 186. The van der Waals surface area contributed by atoms with Crippen LogP contribution in [0.1, 0.15) is 25.7 Å². The molecule has 0 aromatic carbocycles. The molecule has 0 saturated heterocycles. The molecule has 2 N–H and O–H groups in total. The number of hydrogen-bond acceptors (Lipinski definition) is 1. The van der Waals surface area contributed by atoms with Gasteiger partial charge < -0.3 is 9.79 Å². The maximum atomic E-state index is 13.7. The van der Waals surface area contributed by atoms with Gasteiger partial charge in [0.1, 0.15) is 18.5 Å². The van der Waals surface area contributed by atoms with Crippen LogP contribution in [0.4, 0.5) is 57.1 Å². The molecule has 17 heteroatoms. The van der Waals surface area contributed by atoms with Gasteiger partial charge >= 0.3 is 8.25 Å². The number of hydrogen-bond donors (Lipinski definition) is 2. The first-order chi connectivity index (χ1) is 15.5. The van der Waals surface area contributed by atoms with Crippen LogP contribution in [0.25, 0.3) is 0 Å². The summed E-state index contributed by atoms with van der Waals surface area (Å²) >= 11 is 0. The molecule has 13 unspecified atom stereocenters. The summed E-state index contributed by atoms with van der Waals surface area (Å²) in [4.78, 5) is 14.3. The Labute approximate surface area is 186 Å². The lowest BCUT2D eigenvalue weighted by molar-refractivity contribution is -0.0704. The minimum atomic E-state index is -4.02. The Balaban J connectivity index is 0.00000251. The molecule has 34 heavy (non-hydrogen) atoms. The molecule has 0 radical (unpaired) electrons. The second-order valence-electron chi connectivity index (χ2n) is 7.52. The highest BCUT2D eigenvalue weighted by molar-refractivity contribution is 7.30. The van der Waals surface area contributed by atoms with Crippen LogP contribution in [0.2, 0.25) is 0 Å². The Morgan fingerprint density at radius 3 is 1.06 bits per heavy atom. The summed E-state index contributed by atoms with van der Waals surface area (Å²) in [6.45, 7) is 0. The smallest absolute Gasteiger partial charge is 0.314 e. The monoisotopic (exact) mass is 554 g/mol. The largest absolute Gasteiger partial charge is 0.326 e. The molecule has 1 saturated carbocycles. The predicted octanol–water partition coefficient (Wildman–Crippen LogP) is 5.32. The minimum Gasteiger partial charge on any atom is -0.326 e. The van der Waals surface area contributed by atoms with Crippen LogP contribution in [-0.2, 0) is 4.57 Å². The maximum absolute atomic E-state index is 13.7. The van der Waals surface area contributed by atoms with Crippen molar-refractivity contribution in [3.63, 3.8) is 0 Å². The molecule has 13 atom stereocenters. The van der Waals surface area contributed by atoms with E-state index in [0.29, 0.717) is 0 Å². The number of rotatable bonds is 0. The lowest BCUT2D eigenvalue weighted by Gasteiger charge is -2.28. The van der Waals surface area contributed by atoms with Crippen molar-refractivity contribution < 1.29 is 71.4 Å². The van der Waals surface area contributed by atoms with Crippen LogP contribution in [0.15, 0.2) is 0 Å². The highest BCUT2D eigenvalue weighted by atomic mass is 31.1. The minimum absolute atomic E-state index is 0.606. The van der Waals surface area contributed by atoms with Crippen molar-refractivity contribution in [3.05, 3.63) is 0 Å². The fourth-order valence-corrected chi connectivity index (χ4v) is 2.99.